The smallest absolute Gasteiger partial charge is 0.139 e. The minimum atomic E-state index is 0.217. The number of Topliss-reactive ketones (excluding diaryl/α,β-unsaturated/α-hetero) is 1. The monoisotopic (exact) mass is 255 g/mol. The fraction of sp³-hybridized carbons (Fsp3) is 0.250. The summed E-state index contributed by atoms with van der Waals surface area (Å²) in [4.78, 5) is 16.0. The second-order valence-electron chi connectivity index (χ2n) is 4.38. The van der Waals surface area contributed by atoms with Crippen molar-refractivity contribution in [2.24, 2.45) is 0 Å². The molecule has 0 atom stereocenters. The fourth-order valence-corrected chi connectivity index (χ4v) is 1.87. The van der Waals surface area contributed by atoms with Crippen LogP contribution >= 0.6 is 0 Å². The Hall–Kier alpha value is -2.16. The number of aromatic nitrogens is 1. The third-order valence-electron chi connectivity index (χ3n) is 2.96. The Balaban J connectivity index is 1.83. The maximum absolute atomic E-state index is 11.8. The third-order valence-corrected chi connectivity index (χ3v) is 2.96. The number of hydrogen-bond acceptors (Lipinski definition) is 3. The maximum atomic E-state index is 11.8. The SMILES string of the molecule is COc1ccc(CCC(=O)Cc2ccccn2)cc1. The fourth-order valence-electron chi connectivity index (χ4n) is 1.87. The largest absolute Gasteiger partial charge is 0.497 e. The number of carbonyl (C=O) groups excluding carboxylic acids is 1. The molecule has 0 amide bonds. The Morgan fingerprint density at radius 1 is 1.16 bits per heavy atom. The number of methoxy groups -OCH3 is 1. The number of rotatable bonds is 6. The molecule has 2 aromatic rings. The second-order valence-corrected chi connectivity index (χ2v) is 4.38. The summed E-state index contributed by atoms with van der Waals surface area (Å²) in [7, 11) is 1.64. The van der Waals surface area contributed by atoms with Gasteiger partial charge in [0.15, 0.2) is 0 Å². The van der Waals surface area contributed by atoms with Gasteiger partial charge in [0.1, 0.15) is 11.5 Å². The molecule has 0 fully saturated rings. The summed E-state index contributed by atoms with van der Waals surface area (Å²) in [5, 5.41) is 0. The van der Waals surface area contributed by atoms with Crippen molar-refractivity contribution in [3.05, 3.63) is 59.9 Å². The van der Waals surface area contributed by atoms with Crippen LogP contribution in [0.2, 0.25) is 0 Å². The molecule has 0 radical (unpaired) electrons. The van der Waals surface area contributed by atoms with Crippen molar-refractivity contribution in [1.82, 2.24) is 4.98 Å². The Labute approximate surface area is 113 Å². The molecule has 1 aromatic carbocycles. The molecule has 1 aromatic heterocycles. The predicted octanol–water partition coefficient (Wildman–Crippen LogP) is 2.83. The summed E-state index contributed by atoms with van der Waals surface area (Å²) in [6.07, 6.45) is 3.43. The molecule has 0 saturated heterocycles. The third kappa shape index (κ3) is 4.21. The van der Waals surface area contributed by atoms with Crippen LogP contribution in [0, 0.1) is 0 Å². The minimum absolute atomic E-state index is 0.217. The van der Waals surface area contributed by atoms with Crippen molar-refractivity contribution in [2.45, 2.75) is 19.3 Å². The van der Waals surface area contributed by atoms with Gasteiger partial charge in [-0.25, -0.2) is 0 Å². The van der Waals surface area contributed by atoms with Crippen LogP contribution in [0.4, 0.5) is 0 Å². The summed E-state index contributed by atoms with van der Waals surface area (Å²) in [5.41, 5.74) is 1.98. The van der Waals surface area contributed by atoms with E-state index in [2.05, 4.69) is 4.98 Å². The van der Waals surface area contributed by atoms with Crippen LogP contribution in [0.1, 0.15) is 17.7 Å². The second kappa shape index (κ2) is 6.69. The standard InChI is InChI=1S/C16H17NO2/c1-19-16-9-6-13(7-10-16)5-8-15(18)12-14-4-2-3-11-17-14/h2-4,6-7,9-11H,5,8,12H2,1H3. The van der Waals surface area contributed by atoms with E-state index in [0.29, 0.717) is 12.8 Å². The number of ether oxygens (including phenoxy) is 1. The highest BCUT2D eigenvalue weighted by Crippen LogP contribution is 2.13. The molecular formula is C16H17NO2. The van der Waals surface area contributed by atoms with Gasteiger partial charge in [0, 0.05) is 24.7 Å². The number of nitrogens with zero attached hydrogens (tertiary/aromatic N) is 1. The summed E-state index contributed by atoms with van der Waals surface area (Å²) in [6, 6.07) is 13.5. The zero-order valence-electron chi connectivity index (χ0n) is 11.0. The van der Waals surface area contributed by atoms with E-state index in [1.54, 1.807) is 13.3 Å². The van der Waals surface area contributed by atoms with Crippen LogP contribution in [0.3, 0.4) is 0 Å². The number of pyridine rings is 1. The molecule has 0 aliphatic heterocycles. The lowest BCUT2D eigenvalue weighted by molar-refractivity contribution is -0.118. The van der Waals surface area contributed by atoms with Crippen molar-refractivity contribution >= 4 is 5.78 Å². The number of aryl methyl sites for hydroxylation is 1. The molecule has 3 nitrogen and oxygen atoms in total. The highest BCUT2D eigenvalue weighted by molar-refractivity contribution is 5.80. The average Bonchev–Trinajstić information content (AvgIpc) is 2.47. The molecule has 19 heavy (non-hydrogen) atoms. The van der Waals surface area contributed by atoms with Crippen molar-refractivity contribution < 1.29 is 9.53 Å². The molecule has 0 aliphatic rings. The van der Waals surface area contributed by atoms with Gasteiger partial charge in [-0.3, -0.25) is 9.78 Å². The van der Waals surface area contributed by atoms with Crippen LogP contribution in [-0.2, 0) is 17.6 Å². The van der Waals surface area contributed by atoms with Crippen LogP contribution in [-0.4, -0.2) is 17.9 Å². The van der Waals surface area contributed by atoms with Gasteiger partial charge in [-0.15, -0.1) is 0 Å². The lowest BCUT2D eigenvalue weighted by Gasteiger charge is -2.03. The normalized spacial score (nSPS) is 10.2. The van der Waals surface area contributed by atoms with Crippen molar-refractivity contribution in [1.29, 1.82) is 0 Å². The minimum Gasteiger partial charge on any atom is -0.497 e. The van der Waals surface area contributed by atoms with Gasteiger partial charge in [0.05, 0.1) is 7.11 Å². The molecule has 0 bridgehead atoms. The molecule has 0 aliphatic carbocycles. The Kier molecular flexibility index (Phi) is 4.67. The van der Waals surface area contributed by atoms with Gasteiger partial charge >= 0.3 is 0 Å². The number of carbonyl (C=O) groups is 1. The predicted molar refractivity (Wildman–Crippen MR) is 74.3 cm³/mol. The Bertz CT molecular complexity index is 520. The summed E-state index contributed by atoms with van der Waals surface area (Å²) in [6.45, 7) is 0. The quantitative estimate of drug-likeness (QED) is 0.796. The zero-order chi connectivity index (χ0) is 13.5. The Morgan fingerprint density at radius 3 is 2.58 bits per heavy atom. The lowest BCUT2D eigenvalue weighted by Crippen LogP contribution is -2.05. The number of ketones is 1. The number of hydrogen-bond donors (Lipinski definition) is 0. The first-order valence-electron chi connectivity index (χ1n) is 6.32. The van der Waals surface area contributed by atoms with Crippen LogP contribution in [0.5, 0.6) is 5.75 Å². The first-order chi connectivity index (χ1) is 9.28. The van der Waals surface area contributed by atoms with Crippen molar-refractivity contribution in [3.63, 3.8) is 0 Å². The average molecular weight is 255 g/mol. The van der Waals surface area contributed by atoms with E-state index in [9.17, 15) is 4.79 Å². The first kappa shape index (κ1) is 13.3. The van der Waals surface area contributed by atoms with Crippen LogP contribution in [0.25, 0.3) is 0 Å². The molecule has 0 saturated carbocycles. The molecule has 0 unspecified atom stereocenters. The first-order valence-corrected chi connectivity index (χ1v) is 6.32. The van der Waals surface area contributed by atoms with E-state index in [-0.39, 0.29) is 5.78 Å². The van der Waals surface area contributed by atoms with Crippen LogP contribution < -0.4 is 4.74 Å². The molecular weight excluding hydrogens is 238 g/mol. The van der Waals surface area contributed by atoms with E-state index in [1.807, 2.05) is 42.5 Å². The van der Waals surface area contributed by atoms with Gasteiger partial charge in [-0.2, -0.15) is 0 Å². The maximum Gasteiger partial charge on any atom is 0.139 e. The van der Waals surface area contributed by atoms with Gasteiger partial charge < -0.3 is 4.74 Å². The molecule has 1 heterocycles. The molecule has 3 heteroatoms. The molecule has 0 N–H and O–H groups in total. The summed E-state index contributed by atoms with van der Waals surface area (Å²) < 4.78 is 5.10. The van der Waals surface area contributed by atoms with Crippen molar-refractivity contribution in [2.75, 3.05) is 7.11 Å². The zero-order valence-corrected chi connectivity index (χ0v) is 11.0. The van der Waals surface area contributed by atoms with Gasteiger partial charge in [-0.1, -0.05) is 18.2 Å². The lowest BCUT2D eigenvalue weighted by atomic mass is 10.0. The molecule has 2 rings (SSSR count). The summed E-state index contributed by atoms with van der Waals surface area (Å²) in [5.74, 6) is 1.05. The highest BCUT2D eigenvalue weighted by atomic mass is 16.5. The van der Waals surface area contributed by atoms with E-state index < -0.39 is 0 Å². The van der Waals surface area contributed by atoms with Crippen LogP contribution in [0.15, 0.2) is 48.7 Å². The van der Waals surface area contributed by atoms with Crippen molar-refractivity contribution in [3.8, 4) is 5.75 Å². The summed E-state index contributed by atoms with van der Waals surface area (Å²) >= 11 is 0. The number of benzene rings is 1. The highest BCUT2D eigenvalue weighted by Gasteiger charge is 2.05. The van der Waals surface area contributed by atoms with Gasteiger partial charge in [0.25, 0.3) is 0 Å². The topological polar surface area (TPSA) is 39.2 Å². The molecule has 0 spiro atoms. The van der Waals surface area contributed by atoms with E-state index >= 15 is 0 Å². The molecule has 98 valence electrons. The van der Waals surface area contributed by atoms with Gasteiger partial charge in [-0.05, 0) is 36.2 Å². The van der Waals surface area contributed by atoms with E-state index in [4.69, 9.17) is 4.74 Å². The van der Waals surface area contributed by atoms with E-state index in [1.165, 1.54) is 0 Å². The van der Waals surface area contributed by atoms with E-state index in [0.717, 1.165) is 23.4 Å². The van der Waals surface area contributed by atoms with Gasteiger partial charge in [0.2, 0.25) is 0 Å². The Morgan fingerprint density at radius 2 is 1.95 bits per heavy atom.